The minimum absolute atomic E-state index is 0.804. The van der Waals surface area contributed by atoms with Crippen LogP contribution in [0, 0.1) is 11.8 Å². The smallest absolute Gasteiger partial charge is 0.0232 e. The molecule has 1 aliphatic carbocycles. The molecule has 3 atom stereocenters. The lowest BCUT2D eigenvalue weighted by atomic mass is 9.80. The minimum atomic E-state index is 0.804. The van der Waals surface area contributed by atoms with Gasteiger partial charge in [-0.2, -0.15) is 0 Å². The van der Waals surface area contributed by atoms with Gasteiger partial charge in [-0.15, -0.1) is 0 Å². The Morgan fingerprint density at radius 2 is 2.00 bits per heavy atom. The highest BCUT2D eigenvalue weighted by Gasteiger charge is 2.29. The van der Waals surface area contributed by atoms with Crippen molar-refractivity contribution in [3.8, 4) is 0 Å². The number of hydrogen-bond acceptors (Lipinski definition) is 2. The lowest BCUT2D eigenvalue weighted by Gasteiger charge is -2.38. The van der Waals surface area contributed by atoms with Crippen LogP contribution < -0.4 is 5.32 Å². The van der Waals surface area contributed by atoms with Gasteiger partial charge in [0, 0.05) is 18.6 Å². The predicted octanol–water partition coefficient (Wildman–Crippen LogP) is 2.89. The van der Waals surface area contributed by atoms with E-state index in [1.54, 1.807) is 0 Å². The van der Waals surface area contributed by atoms with E-state index in [-0.39, 0.29) is 0 Å². The maximum atomic E-state index is 3.49. The molecule has 0 aromatic rings. The van der Waals surface area contributed by atoms with Crippen LogP contribution in [0.1, 0.15) is 52.4 Å². The molecule has 0 radical (unpaired) electrons. The summed E-state index contributed by atoms with van der Waals surface area (Å²) in [5.41, 5.74) is 0. The van der Waals surface area contributed by atoms with E-state index >= 15 is 0 Å². The Labute approximate surface area is 107 Å². The summed E-state index contributed by atoms with van der Waals surface area (Å²) in [5, 5.41) is 3.49. The van der Waals surface area contributed by atoms with E-state index in [0.29, 0.717) is 0 Å². The van der Waals surface area contributed by atoms with E-state index in [0.717, 1.165) is 23.9 Å². The van der Waals surface area contributed by atoms with Crippen molar-refractivity contribution in [3.63, 3.8) is 0 Å². The lowest BCUT2D eigenvalue weighted by Crippen LogP contribution is -2.43. The molecule has 17 heavy (non-hydrogen) atoms. The molecule has 1 N–H and O–H groups in total. The van der Waals surface area contributed by atoms with Crippen molar-refractivity contribution in [2.24, 2.45) is 11.8 Å². The number of nitrogens with zero attached hydrogens (tertiary/aromatic N) is 1. The first kappa shape index (κ1) is 13.4. The zero-order valence-electron chi connectivity index (χ0n) is 11.9. The number of nitrogens with one attached hydrogen (secondary N) is 1. The third-order valence-electron chi connectivity index (χ3n) is 4.75. The fourth-order valence-corrected chi connectivity index (χ4v) is 3.80. The van der Waals surface area contributed by atoms with E-state index in [4.69, 9.17) is 0 Å². The molecule has 0 bridgehead atoms. The molecule has 0 spiro atoms. The van der Waals surface area contributed by atoms with E-state index < -0.39 is 0 Å². The summed E-state index contributed by atoms with van der Waals surface area (Å²) >= 11 is 0. The lowest BCUT2D eigenvalue weighted by molar-refractivity contribution is 0.114. The molecule has 1 saturated carbocycles. The number of hydrogen-bond donors (Lipinski definition) is 1. The third kappa shape index (κ3) is 3.69. The van der Waals surface area contributed by atoms with Crippen molar-refractivity contribution < 1.29 is 0 Å². The molecule has 2 nitrogen and oxygen atoms in total. The van der Waals surface area contributed by atoms with Crippen molar-refractivity contribution in [1.82, 2.24) is 10.2 Å². The van der Waals surface area contributed by atoms with Gasteiger partial charge in [0.05, 0.1) is 0 Å². The second kappa shape index (κ2) is 6.19. The van der Waals surface area contributed by atoms with Crippen molar-refractivity contribution in [2.75, 3.05) is 20.1 Å². The third-order valence-corrected chi connectivity index (χ3v) is 4.75. The highest BCUT2D eigenvalue weighted by atomic mass is 15.2. The summed E-state index contributed by atoms with van der Waals surface area (Å²) in [7, 11) is 2.36. The van der Waals surface area contributed by atoms with Gasteiger partial charge >= 0.3 is 0 Å². The summed E-state index contributed by atoms with van der Waals surface area (Å²) in [5.74, 6) is 1.86. The van der Waals surface area contributed by atoms with Crippen LogP contribution in [-0.4, -0.2) is 37.1 Å². The van der Waals surface area contributed by atoms with Gasteiger partial charge in [0.2, 0.25) is 0 Å². The van der Waals surface area contributed by atoms with Crippen LogP contribution in [0.4, 0.5) is 0 Å². The summed E-state index contributed by atoms with van der Waals surface area (Å²) in [6.07, 6.45) is 8.60. The van der Waals surface area contributed by atoms with Gasteiger partial charge in [-0.3, -0.25) is 4.90 Å². The van der Waals surface area contributed by atoms with Gasteiger partial charge in [0.25, 0.3) is 0 Å². The van der Waals surface area contributed by atoms with Gasteiger partial charge in [0.1, 0.15) is 0 Å². The first-order valence-electron chi connectivity index (χ1n) is 7.59. The molecule has 3 unspecified atom stereocenters. The molecule has 1 saturated heterocycles. The zero-order chi connectivity index (χ0) is 12.3. The van der Waals surface area contributed by atoms with E-state index in [1.807, 2.05) is 0 Å². The predicted molar refractivity (Wildman–Crippen MR) is 74.2 cm³/mol. The Morgan fingerprint density at radius 1 is 1.18 bits per heavy atom. The van der Waals surface area contributed by atoms with Gasteiger partial charge in [0.15, 0.2) is 0 Å². The zero-order valence-corrected chi connectivity index (χ0v) is 11.9. The Hall–Kier alpha value is -0.0800. The summed E-state index contributed by atoms with van der Waals surface area (Å²) in [6, 6.07) is 1.66. The normalized spacial score (nSPS) is 34.8. The van der Waals surface area contributed by atoms with E-state index in [2.05, 4.69) is 31.1 Å². The monoisotopic (exact) mass is 238 g/mol. The molecule has 0 amide bonds. The average molecular weight is 238 g/mol. The average Bonchev–Trinajstić information content (AvgIpc) is 2.81. The quantitative estimate of drug-likeness (QED) is 0.810. The van der Waals surface area contributed by atoms with E-state index in [9.17, 15) is 0 Å². The molecule has 0 aromatic heterocycles. The number of rotatable bonds is 4. The second-order valence-electron chi connectivity index (χ2n) is 6.63. The van der Waals surface area contributed by atoms with Crippen LogP contribution in [0.25, 0.3) is 0 Å². The minimum Gasteiger partial charge on any atom is -0.315 e. The molecule has 1 aliphatic heterocycles. The summed E-state index contributed by atoms with van der Waals surface area (Å²) in [4.78, 5) is 2.69. The maximum Gasteiger partial charge on any atom is 0.0232 e. The summed E-state index contributed by atoms with van der Waals surface area (Å²) in [6.45, 7) is 7.17. The molecule has 2 rings (SSSR count). The maximum absolute atomic E-state index is 3.49. The number of likely N-dealkylation sites (N-methyl/N-ethyl adjacent to an activating group) is 1. The van der Waals surface area contributed by atoms with Gasteiger partial charge in [-0.25, -0.2) is 0 Å². The molecule has 100 valence electrons. The van der Waals surface area contributed by atoms with Crippen LogP contribution >= 0.6 is 0 Å². The molecule has 0 aromatic carbocycles. The van der Waals surface area contributed by atoms with Gasteiger partial charge in [-0.1, -0.05) is 26.7 Å². The topological polar surface area (TPSA) is 15.3 Å². The van der Waals surface area contributed by atoms with Crippen LogP contribution in [0.3, 0.4) is 0 Å². The first-order valence-corrected chi connectivity index (χ1v) is 7.59. The Bertz CT molecular complexity index is 221. The highest BCUT2D eigenvalue weighted by molar-refractivity contribution is 4.86. The van der Waals surface area contributed by atoms with Crippen LogP contribution in [-0.2, 0) is 0 Å². The van der Waals surface area contributed by atoms with Gasteiger partial charge < -0.3 is 5.32 Å². The molecule has 2 aliphatic rings. The van der Waals surface area contributed by atoms with Crippen molar-refractivity contribution >= 4 is 0 Å². The Balaban J connectivity index is 1.83. The molecule has 2 heteroatoms. The SMILES string of the molecule is CC(C)CC1CCCC(N(C)C2CCNC2)C1. The first-order chi connectivity index (χ1) is 8.16. The fraction of sp³-hybridized carbons (Fsp3) is 1.00. The van der Waals surface area contributed by atoms with Crippen molar-refractivity contribution in [3.05, 3.63) is 0 Å². The van der Waals surface area contributed by atoms with Crippen LogP contribution in [0.5, 0.6) is 0 Å². The molecular weight excluding hydrogens is 208 g/mol. The van der Waals surface area contributed by atoms with Crippen LogP contribution in [0.15, 0.2) is 0 Å². The second-order valence-corrected chi connectivity index (χ2v) is 6.63. The summed E-state index contributed by atoms with van der Waals surface area (Å²) < 4.78 is 0. The Morgan fingerprint density at radius 3 is 2.65 bits per heavy atom. The largest absolute Gasteiger partial charge is 0.315 e. The fourth-order valence-electron chi connectivity index (χ4n) is 3.80. The van der Waals surface area contributed by atoms with E-state index in [1.165, 1.54) is 51.6 Å². The van der Waals surface area contributed by atoms with Crippen molar-refractivity contribution in [2.45, 2.75) is 64.5 Å². The highest BCUT2D eigenvalue weighted by Crippen LogP contribution is 2.32. The van der Waals surface area contributed by atoms with Crippen molar-refractivity contribution in [1.29, 1.82) is 0 Å². The standard InChI is InChI=1S/C15H30N2/c1-12(2)9-13-5-4-6-14(10-13)17(3)15-7-8-16-11-15/h12-16H,4-11H2,1-3H3. The molecular formula is C15H30N2. The van der Waals surface area contributed by atoms with Crippen LogP contribution in [0.2, 0.25) is 0 Å². The molecule has 1 heterocycles. The Kier molecular flexibility index (Phi) is 4.87. The van der Waals surface area contributed by atoms with Gasteiger partial charge in [-0.05, 0) is 51.1 Å². The molecule has 2 fully saturated rings.